The van der Waals surface area contributed by atoms with Crippen molar-refractivity contribution >= 4 is 5.78 Å². The van der Waals surface area contributed by atoms with E-state index in [9.17, 15) is 4.79 Å². The number of carbonyl (C=O) groups excluding carboxylic acids is 1. The fraction of sp³-hybridized carbons (Fsp3) is 0.889. The van der Waals surface area contributed by atoms with E-state index >= 15 is 0 Å². The molecule has 0 spiro atoms. The Morgan fingerprint density at radius 2 is 2.27 bits per heavy atom. The minimum Gasteiger partial charge on any atom is -0.396 e. The van der Waals surface area contributed by atoms with Crippen molar-refractivity contribution in [2.75, 3.05) is 6.61 Å². The standard InChI is InChI=1S/C9H16O2/c1-9(2)5-3-4-8(11)7(9)6-10/h7,10H,3-6H2,1-2H3/t7-/m1/s1. The fourth-order valence-corrected chi connectivity index (χ4v) is 1.85. The van der Waals surface area contributed by atoms with E-state index < -0.39 is 0 Å². The second-order valence-corrected chi connectivity index (χ2v) is 4.04. The molecule has 0 aliphatic heterocycles. The van der Waals surface area contributed by atoms with Crippen molar-refractivity contribution in [2.45, 2.75) is 33.1 Å². The third kappa shape index (κ3) is 1.62. The normalized spacial score (nSPS) is 30.5. The van der Waals surface area contributed by atoms with Crippen LogP contribution in [0.15, 0.2) is 0 Å². The molecule has 64 valence electrons. The van der Waals surface area contributed by atoms with Crippen LogP contribution in [-0.2, 0) is 4.79 Å². The molecule has 0 bridgehead atoms. The van der Waals surface area contributed by atoms with Crippen molar-refractivity contribution in [1.82, 2.24) is 0 Å². The number of rotatable bonds is 1. The van der Waals surface area contributed by atoms with Crippen LogP contribution in [0.1, 0.15) is 33.1 Å². The molecular weight excluding hydrogens is 140 g/mol. The van der Waals surface area contributed by atoms with Gasteiger partial charge in [-0.15, -0.1) is 0 Å². The maximum absolute atomic E-state index is 11.3. The van der Waals surface area contributed by atoms with Crippen LogP contribution in [0, 0.1) is 11.3 Å². The monoisotopic (exact) mass is 156 g/mol. The molecule has 0 unspecified atom stereocenters. The van der Waals surface area contributed by atoms with Gasteiger partial charge < -0.3 is 5.11 Å². The number of hydrogen-bond acceptors (Lipinski definition) is 2. The summed E-state index contributed by atoms with van der Waals surface area (Å²) < 4.78 is 0. The van der Waals surface area contributed by atoms with Crippen LogP contribution in [0.5, 0.6) is 0 Å². The summed E-state index contributed by atoms with van der Waals surface area (Å²) in [5, 5.41) is 8.98. The predicted octanol–water partition coefficient (Wildman–Crippen LogP) is 1.37. The predicted molar refractivity (Wildman–Crippen MR) is 43.2 cm³/mol. The van der Waals surface area contributed by atoms with Crippen LogP contribution in [-0.4, -0.2) is 17.5 Å². The molecule has 2 heteroatoms. The molecule has 2 nitrogen and oxygen atoms in total. The molecule has 1 rings (SSSR count). The van der Waals surface area contributed by atoms with Crippen molar-refractivity contribution in [1.29, 1.82) is 0 Å². The van der Waals surface area contributed by atoms with Crippen LogP contribution in [0.4, 0.5) is 0 Å². The molecule has 1 fully saturated rings. The SMILES string of the molecule is CC1(C)CCCC(=O)[C@H]1CO. The summed E-state index contributed by atoms with van der Waals surface area (Å²) in [6, 6.07) is 0. The van der Waals surface area contributed by atoms with E-state index in [2.05, 4.69) is 13.8 Å². The van der Waals surface area contributed by atoms with Crippen molar-refractivity contribution in [3.8, 4) is 0 Å². The molecule has 0 amide bonds. The summed E-state index contributed by atoms with van der Waals surface area (Å²) in [6.07, 6.45) is 2.71. The minimum atomic E-state index is -0.115. The largest absolute Gasteiger partial charge is 0.396 e. The summed E-state index contributed by atoms with van der Waals surface area (Å²) in [7, 11) is 0. The Bertz CT molecular complexity index is 161. The maximum atomic E-state index is 11.3. The van der Waals surface area contributed by atoms with E-state index in [0.29, 0.717) is 6.42 Å². The van der Waals surface area contributed by atoms with Gasteiger partial charge in [-0.2, -0.15) is 0 Å². The lowest BCUT2D eigenvalue weighted by atomic mass is 9.68. The van der Waals surface area contributed by atoms with Crippen LogP contribution in [0.25, 0.3) is 0 Å². The molecular formula is C9H16O2. The van der Waals surface area contributed by atoms with Crippen LogP contribution in [0.2, 0.25) is 0 Å². The highest BCUT2D eigenvalue weighted by molar-refractivity contribution is 5.82. The average molecular weight is 156 g/mol. The van der Waals surface area contributed by atoms with E-state index in [4.69, 9.17) is 5.11 Å². The lowest BCUT2D eigenvalue weighted by Gasteiger charge is -2.36. The molecule has 1 aliphatic carbocycles. The highest BCUT2D eigenvalue weighted by Gasteiger charge is 2.37. The van der Waals surface area contributed by atoms with Gasteiger partial charge in [0.25, 0.3) is 0 Å². The first-order chi connectivity index (χ1) is 5.08. The zero-order valence-corrected chi connectivity index (χ0v) is 7.26. The third-order valence-corrected chi connectivity index (χ3v) is 2.76. The number of ketones is 1. The van der Waals surface area contributed by atoms with Crippen molar-refractivity contribution < 1.29 is 9.90 Å². The molecule has 1 atom stereocenters. The van der Waals surface area contributed by atoms with Gasteiger partial charge in [-0.05, 0) is 18.3 Å². The Morgan fingerprint density at radius 1 is 1.64 bits per heavy atom. The number of hydrogen-bond donors (Lipinski definition) is 1. The van der Waals surface area contributed by atoms with E-state index in [1.807, 2.05) is 0 Å². The first-order valence-electron chi connectivity index (χ1n) is 4.21. The van der Waals surface area contributed by atoms with Gasteiger partial charge in [-0.1, -0.05) is 13.8 Å². The fourth-order valence-electron chi connectivity index (χ4n) is 1.85. The van der Waals surface area contributed by atoms with Crippen LogP contribution < -0.4 is 0 Å². The molecule has 0 saturated heterocycles. The zero-order valence-electron chi connectivity index (χ0n) is 7.26. The zero-order chi connectivity index (χ0) is 8.48. The van der Waals surface area contributed by atoms with Crippen molar-refractivity contribution in [3.05, 3.63) is 0 Å². The number of aliphatic hydroxyl groups is 1. The highest BCUT2D eigenvalue weighted by Crippen LogP contribution is 2.37. The van der Waals surface area contributed by atoms with Gasteiger partial charge >= 0.3 is 0 Å². The summed E-state index contributed by atoms with van der Waals surface area (Å²) in [5.41, 5.74) is 0.0179. The van der Waals surface area contributed by atoms with Gasteiger partial charge in [0.05, 0.1) is 6.61 Å². The van der Waals surface area contributed by atoms with Crippen LogP contribution >= 0.6 is 0 Å². The van der Waals surface area contributed by atoms with Gasteiger partial charge in [-0.3, -0.25) is 4.79 Å². The molecule has 11 heavy (non-hydrogen) atoms. The Labute approximate surface area is 67.6 Å². The van der Waals surface area contributed by atoms with Crippen molar-refractivity contribution in [2.24, 2.45) is 11.3 Å². The number of carbonyl (C=O) groups is 1. The second kappa shape index (κ2) is 2.94. The summed E-state index contributed by atoms with van der Waals surface area (Å²) in [5.74, 6) is 0.125. The topological polar surface area (TPSA) is 37.3 Å². The van der Waals surface area contributed by atoms with Gasteiger partial charge in [0.15, 0.2) is 0 Å². The molecule has 0 aromatic rings. The second-order valence-electron chi connectivity index (χ2n) is 4.04. The maximum Gasteiger partial charge on any atom is 0.138 e. The lowest BCUT2D eigenvalue weighted by molar-refractivity contribution is -0.131. The average Bonchev–Trinajstić information content (AvgIpc) is 1.86. The number of Topliss-reactive ketones (excluding diaryl/α,β-unsaturated/α-hetero) is 1. The summed E-state index contributed by atoms with van der Waals surface area (Å²) in [6.45, 7) is 4.14. The van der Waals surface area contributed by atoms with Gasteiger partial charge in [0.1, 0.15) is 5.78 Å². The Morgan fingerprint density at radius 3 is 2.64 bits per heavy atom. The first-order valence-corrected chi connectivity index (χ1v) is 4.21. The van der Waals surface area contributed by atoms with E-state index in [1.165, 1.54) is 0 Å². The Balaban J connectivity index is 2.72. The summed E-state index contributed by atoms with van der Waals surface area (Å²) in [4.78, 5) is 11.3. The highest BCUT2D eigenvalue weighted by atomic mass is 16.3. The van der Waals surface area contributed by atoms with Crippen LogP contribution in [0.3, 0.4) is 0 Å². The van der Waals surface area contributed by atoms with E-state index in [1.54, 1.807) is 0 Å². The Hall–Kier alpha value is -0.370. The molecule has 1 saturated carbocycles. The molecule has 1 N–H and O–H groups in total. The number of aliphatic hydroxyl groups excluding tert-OH is 1. The third-order valence-electron chi connectivity index (χ3n) is 2.76. The van der Waals surface area contributed by atoms with Crippen molar-refractivity contribution in [3.63, 3.8) is 0 Å². The molecule has 0 radical (unpaired) electrons. The quantitative estimate of drug-likeness (QED) is 0.622. The summed E-state index contributed by atoms with van der Waals surface area (Å²) >= 11 is 0. The van der Waals surface area contributed by atoms with Gasteiger partial charge in [0, 0.05) is 12.3 Å². The lowest BCUT2D eigenvalue weighted by Crippen LogP contribution is -2.37. The molecule has 0 aromatic heterocycles. The van der Waals surface area contributed by atoms with Gasteiger partial charge in [-0.25, -0.2) is 0 Å². The van der Waals surface area contributed by atoms with E-state index in [0.717, 1.165) is 12.8 Å². The minimum absolute atomic E-state index is 0.0179. The van der Waals surface area contributed by atoms with E-state index in [-0.39, 0.29) is 23.7 Å². The molecule has 0 aromatic carbocycles. The molecule has 0 heterocycles. The first kappa shape index (κ1) is 8.72. The Kier molecular flexibility index (Phi) is 2.33. The van der Waals surface area contributed by atoms with Gasteiger partial charge in [0.2, 0.25) is 0 Å². The molecule has 1 aliphatic rings. The smallest absolute Gasteiger partial charge is 0.138 e.